The smallest absolute Gasteiger partial charge is 0.237 e. The van der Waals surface area contributed by atoms with Crippen LogP contribution in [0.5, 0.6) is 11.8 Å². The lowest BCUT2D eigenvalue weighted by Crippen LogP contribution is -2.37. The number of nitrogens with zero attached hydrogens (tertiary/aromatic N) is 4. The molecule has 0 aliphatic heterocycles. The normalized spacial score (nSPS) is 16.2. The maximum absolute atomic E-state index is 7.01. The molecule has 5 rings (SSSR count). The number of ether oxygens (including phenoxy) is 3. The van der Waals surface area contributed by atoms with E-state index in [0.717, 1.165) is 47.3 Å². The van der Waals surface area contributed by atoms with Gasteiger partial charge in [0.15, 0.2) is 0 Å². The standard InChI is InChI=1S/C31H34Cl2N6O3/c1-34-14-26-30(41-3)38-24(16-36-26)22-9-5-7-20(28(22)32)21-8-6-10-23(29(21)33)25-17-37-27(31(39-25)42-4)15-35-13-18-11-19(12-18)40-2/h5-10,16-19,34-35H,11-15H2,1-4H3. The Bertz CT molecular complexity index is 1550. The van der Waals surface area contributed by atoms with Crippen molar-refractivity contribution >= 4 is 23.2 Å². The molecule has 1 fully saturated rings. The summed E-state index contributed by atoms with van der Waals surface area (Å²) in [4.78, 5) is 18.6. The molecule has 0 bridgehead atoms. The Morgan fingerprint density at radius 2 is 1.26 bits per heavy atom. The molecule has 4 aromatic rings. The minimum atomic E-state index is 0.385. The Morgan fingerprint density at radius 3 is 1.74 bits per heavy atom. The summed E-state index contributed by atoms with van der Waals surface area (Å²) in [5.74, 6) is 1.52. The van der Waals surface area contributed by atoms with Gasteiger partial charge in [-0.15, -0.1) is 0 Å². The predicted molar refractivity (Wildman–Crippen MR) is 165 cm³/mol. The van der Waals surface area contributed by atoms with Crippen molar-refractivity contribution in [2.75, 3.05) is 34.9 Å². The van der Waals surface area contributed by atoms with Crippen molar-refractivity contribution < 1.29 is 14.2 Å². The first kappa shape index (κ1) is 30.1. The van der Waals surface area contributed by atoms with Gasteiger partial charge in [-0.05, 0) is 32.4 Å². The predicted octanol–water partition coefficient (Wildman–Crippen LogP) is 5.83. The van der Waals surface area contributed by atoms with Gasteiger partial charge in [0.2, 0.25) is 11.8 Å². The van der Waals surface area contributed by atoms with Gasteiger partial charge in [-0.1, -0.05) is 59.6 Å². The zero-order chi connectivity index (χ0) is 29.6. The molecule has 1 saturated carbocycles. The van der Waals surface area contributed by atoms with Crippen LogP contribution in [-0.4, -0.2) is 61.0 Å². The van der Waals surface area contributed by atoms with E-state index in [1.54, 1.807) is 33.7 Å². The van der Waals surface area contributed by atoms with Crippen LogP contribution in [0, 0.1) is 5.92 Å². The Morgan fingerprint density at radius 1 is 0.762 bits per heavy atom. The number of halogens is 2. The zero-order valence-corrected chi connectivity index (χ0v) is 25.6. The van der Waals surface area contributed by atoms with Gasteiger partial charge >= 0.3 is 0 Å². The number of methoxy groups -OCH3 is 3. The minimum absolute atomic E-state index is 0.385. The number of rotatable bonds is 12. The first-order chi connectivity index (χ1) is 20.5. The second kappa shape index (κ2) is 13.8. The van der Waals surface area contributed by atoms with Crippen LogP contribution in [0.4, 0.5) is 0 Å². The lowest BCUT2D eigenvalue weighted by molar-refractivity contribution is 0.00150. The van der Waals surface area contributed by atoms with Gasteiger partial charge in [0.05, 0.1) is 54.2 Å². The first-order valence-electron chi connectivity index (χ1n) is 13.7. The molecule has 1 aliphatic carbocycles. The van der Waals surface area contributed by atoms with E-state index in [1.807, 2.05) is 43.4 Å². The van der Waals surface area contributed by atoms with Crippen molar-refractivity contribution in [3.05, 3.63) is 70.2 Å². The maximum atomic E-state index is 7.01. The Labute approximate surface area is 256 Å². The summed E-state index contributed by atoms with van der Waals surface area (Å²) < 4.78 is 16.4. The summed E-state index contributed by atoms with van der Waals surface area (Å²) in [6.07, 6.45) is 5.96. The van der Waals surface area contributed by atoms with Crippen molar-refractivity contribution in [1.82, 2.24) is 30.6 Å². The second-order valence-corrected chi connectivity index (χ2v) is 10.9. The van der Waals surface area contributed by atoms with Gasteiger partial charge in [-0.2, -0.15) is 0 Å². The fraction of sp³-hybridized carbons (Fsp3) is 0.355. The van der Waals surface area contributed by atoms with E-state index in [2.05, 4.69) is 25.6 Å². The third-order valence-corrected chi connectivity index (χ3v) is 8.26. The average molecular weight is 610 g/mol. The fourth-order valence-corrected chi connectivity index (χ4v) is 5.74. The molecule has 0 saturated heterocycles. The van der Waals surface area contributed by atoms with E-state index in [1.165, 1.54) is 0 Å². The lowest BCUT2D eigenvalue weighted by Gasteiger charge is -2.34. The molecular weight excluding hydrogens is 575 g/mol. The van der Waals surface area contributed by atoms with E-state index in [-0.39, 0.29) is 0 Å². The van der Waals surface area contributed by atoms with E-state index in [0.29, 0.717) is 64.0 Å². The topological polar surface area (TPSA) is 103 Å². The second-order valence-electron chi connectivity index (χ2n) is 10.1. The monoisotopic (exact) mass is 608 g/mol. The van der Waals surface area contributed by atoms with Crippen molar-refractivity contribution in [3.8, 4) is 45.4 Å². The molecular formula is C31H34Cl2N6O3. The van der Waals surface area contributed by atoms with Crippen molar-refractivity contribution in [2.24, 2.45) is 5.92 Å². The molecule has 0 amide bonds. The maximum Gasteiger partial charge on any atom is 0.237 e. The summed E-state index contributed by atoms with van der Waals surface area (Å²) in [7, 11) is 6.78. The number of hydrogen-bond acceptors (Lipinski definition) is 9. The Kier molecular flexibility index (Phi) is 9.87. The number of aromatic nitrogens is 4. The summed E-state index contributed by atoms with van der Waals surface area (Å²) in [5.41, 5.74) is 5.61. The number of nitrogens with one attached hydrogen (secondary N) is 2. The molecule has 2 heterocycles. The van der Waals surface area contributed by atoms with Crippen LogP contribution in [0.15, 0.2) is 48.8 Å². The molecule has 2 aromatic carbocycles. The first-order valence-corrected chi connectivity index (χ1v) is 14.5. The van der Waals surface area contributed by atoms with Crippen molar-refractivity contribution in [2.45, 2.75) is 32.0 Å². The molecule has 0 atom stereocenters. The lowest BCUT2D eigenvalue weighted by atomic mass is 9.82. The summed E-state index contributed by atoms with van der Waals surface area (Å²) in [6.45, 7) is 2.00. The van der Waals surface area contributed by atoms with Gasteiger partial charge in [-0.3, -0.25) is 9.97 Å². The Balaban J connectivity index is 1.40. The van der Waals surface area contributed by atoms with Crippen molar-refractivity contribution in [1.29, 1.82) is 0 Å². The molecule has 220 valence electrons. The molecule has 0 radical (unpaired) electrons. The highest BCUT2D eigenvalue weighted by Gasteiger charge is 2.28. The quantitative estimate of drug-likeness (QED) is 0.206. The van der Waals surface area contributed by atoms with E-state index in [4.69, 9.17) is 42.4 Å². The van der Waals surface area contributed by atoms with E-state index < -0.39 is 0 Å². The van der Waals surface area contributed by atoms with Gasteiger partial charge in [0, 0.05) is 42.5 Å². The molecule has 11 heteroatoms. The molecule has 42 heavy (non-hydrogen) atoms. The molecule has 2 N–H and O–H groups in total. The molecule has 0 spiro atoms. The highest BCUT2D eigenvalue weighted by Crippen LogP contribution is 2.42. The largest absolute Gasteiger partial charge is 0.480 e. The van der Waals surface area contributed by atoms with Gasteiger partial charge in [0.25, 0.3) is 0 Å². The zero-order valence-electron chi connectivity index (χ0n) is 24.1. The highest BCUT2D eigenvalue weighted by atomic mass is 35.5. The SMILES string of the molecule is CNCc1ncc(-c2cccc(-c3cccc(-c4cnc(CNCC5CC(OC)C5)c(OC)n4)c3Cl)c2Cl)nc1OC. The summed E-state index contributed by atoms with van der Waals surface area (Å²) >= 11 is 14.0. The van der Waals surface area contributed by atoms with Gasteiger partial charge in [-0.25, -0.2) is 9.97 Å². The van der Waals surface area contributed by atoms with Crippen LogP contribution in [0.2, 0.25) is 10.0 Å². The van der Waals surface area contributed by atoms with Gasteiger partial charge in [0.1, 0.15) is 11.4 Å². The molecule has 1 aliphatic rings. The number of benzene rings is 2. The fourth-order valence-electron chi connectivity index (χ4n) is 5.09. The van der Waals surface area contributed by atoms with Crippen LogP contribution in [0.25, 0.3) is 33.6 Å². The third-order valence-electron chi connectivity index (χ3n) is 7.44. The summed E-state index contributed by atoms with van der Waals surface area (Å²) in [5, 5.41) is 7.54. The van der Waals surface area contributed by atoms with Crippen LogP contribution < -0.4 is 20.1 Å². The average Bonchev–Trinajstić information content (AvgIpc) is 2.99. The summed E-state index contributed by atoms with van der Waals surface area (Å²) in [6, 6.07) is 11.5. The molecule has 9 nitrogen and oxygen atoms in total. The van der Waals surface area contributed by atoms with Crippen LogP contribution in [0.3, 0.4) is 0 Å². The van der Waals surface area contributed by atoms with Crippen LogP contribution >= 0.6 is 23.2 Å². The van der Waals surface area contributed by atoms with E-state index in [9.17, 15) is 0 Å². The minimum Gasteiger partial charge on any atom is -0.480 e. The third kappa shape index (κ3) is 6.35. The Hall–Kier alpha value is -3.34. The van der Waals surface area contributed by atoms with E-state index >= 15 is 0 Å². The molecule has 0 unspecified atom stereocenters. The molecule has 2 aromatic heterocycles. The van der Waals surface area contributed by atoms with Crippen LogP contribution in [0.1, 0.15) is 24.2 Å². The van der Waals surface area contributed by atoms with Gasteiger partial charge < -0.3 is 24.8 Å². The van der Waals surface area contributed by atoms with Crippen LogP contribution in [-0.2, 0) is 17.8 Å². The number of hydrogen-bond donors (Lipinski definition) is 2. The highest BCUT2D eigenvalue weighted by molar-refractivity contribution is 6.39. The van der Waals surface area contributed by atoms with Crippen molar-refractivity contribution in [3.63, 3.8) is 0 Å².